The molecule has 0 amide bonds. The molecule has 46 heavy (non-hydrogen) atoms. The first-order valence-corrected chi connectivity index (χ1v) is 19.7. The van der Waals surface area contributed by atoms with E-state index in [1.54, 1.807) is 0 Å². The normalized spacial score (nSPS) is 18.2. The van der Waals surface area contributed by atoms with Crippen molar-refractivity contribution in [1.29, 1.82) is 0 Å². The number of likely N-dealkylation sites (tertiary alicyclic amines) is 1. The van der Waals surface area contributed by atoms with E-state index in [1.807, 2.05) is 0 Å². The van der Waals surface area contributed by atoms with Crippen LogP contribution in [0.5, 0.6) is 0 Å². The summed E-state index contributed by atoms with van der Waals surface area (Å²) >= 11 is 0. The molecule has 2 atom stereocenters. The second kappa shape index (κ2) is 34.0. The van der Waals surface area contributed by atoms with Crippen molar-refractivity contribution in [2.24, 2.45) is 0 Å². The Morgan fingerprint density at radius 1 is 0.435 bits per heavy atom. The van der Waals surface area contributed by atoms with Gasteiger partial charge in [-0.1, -0.05) is 140 Å². The van der Waals surface area contributed by atoms with Gasteiger partial charge in [0.1, 0.15) is 25.3 Å². The molecule has 4 heteroatoms. The van der Waals surface area contributed by atoms with Crippen molar-refractivity contribution in [3.8, 4) is 0 Å². The number of halogens is 1. The topological polar surface area (TPSA) is 18.5 Å². The highest BCUT2D eigenvalue weighted by molar-refractivity contribution is 4.93. The van der Waals surface area contributed by atoms with Crippen molar-refractivity contribution in [2.45, 2.75) is 180 Å². The molecule has 0 N–H and O–H groups in total. The van der Waals surface area contributed by atoms with Crippen LogP contribution in [0.1, 0.15) is 168 Å². The van der Waals surface area contributed by atoms with E-state index < -0.39 is 0 Å². The van der Waals surface area contributed by atoms with E-state index >= 15 is 0 Å². The van der Waals surface area contributed by atoms with Crippen LogP contribution in [0.15, 0.2) is 48.6 Å². The van der Waals surface area contributed by atoms with Gasteiger partial charge in [0.05, 0.1) is 14.1 Å². The number of unbranched alkanes of at least 4 members (excludes halogenated alkanes) is 18. The summed E-state index contributed by atoms with van der Waals surface area (Å²) in [5.41, 5.74) is 0. The fourth-order valence-corrected chi connectivity index (χ4v) is 6.25. The Hall–Kier alpha value is -0.870. The van der Waals surface area contributed by atoms with Gasteiger partial charge in [-0.15, -0.1) is 0 Å². The smallest absolute Gasteiger partial charge is 0.138 e. The summed E-state index contributed by atoms with van der Waals surface area (Å²) in [6.45, 7) is 8.48. The predicted octanol–water partition coefficient (Wildman–Crippen LogP) is 9.48. The number of hydrogen-bond donors (Lipinski definition) is 0. The van der Waals surface area contributed by atoms with Crippen molar-refractivity contribution in [3.63, 3.8) is 0 Å². The van der Waals surface area contributed by atoms with Crippen molar-refractivity contribution in [1.82, 2.24) is 0 Å². The molecule has 1 aliphatic rings. The van der Waals surface area contributed by atoms with Gasteiger partial charge in [-0.05, 0) is 77.0 Å². The summed E-state index contributed by atoms with van der Waals surface area (Å²) in [4.78, 5) is 0. The molecule has 0 aromatic rings. The molecular formula is C42H78ClNO2. The molecule has 270 valence electrons. The lowest BCUT2D eigenvalue weighted by atomic mass is 10.1. The number of likely N-dealkylation sites (N-methyl/N-ethyl adjacent to an activating group) is 1. The van der Waals surface area contributed by atoms with Gasteiger partial charge in [0, 0.05) is 13.2 Å². The van der Waals surface area contributed by atoms with Crippen molar-refractivity contribution in [2.75, 3.05) is 40.4 Å². The molecule has 1 aliphatic heterocycles. The van der Waals surface area contributed by atoms with E-state index in [9.17, 15) is 0 Å². The number of nitrogens with zero attached hydrogens (tertiary/aromatic N) is 1. The molecule has 0 aromatic carbocycles. The molecule has 1 unspecified atom stereocenters. The maximum atomic E-state index is 6.39. The van der Waals surface area contributed by atoms with Crippen LogP contribution >= 0.6 is 0 Å². The van der Waals surface area contributed by atoms with E-state index in [1.165, 1.54) is 141 Å². The molecule has 3 nitrogen and oxygen atoms in total. The molecule has 0 spiro atoms. The average Bonchev–Trinajstić information content (AvgIpc) is 3.32. The van der Waals surface area contributed by atoms with Crippen LogP contribution in [-0.2, 0) is 9.47 Å². The average molecular weight is 665 g/mol. The van der Waals surface area contributed by atoms with Gasteiger partial charge in [-0.2, -0.15) is 0 Å². The molecule has 0 radical (unpaired) electrons. The van der Waals surface area contributed by atoms with Gasteiger partial charge in [-0.3, -0.25) is 0 Å². The number of allylic oxidation sites excluding steroid dienone is 8. The number of quaternary nitrogens is 1. The lowest BCUT2D eigenvalue weighted by molar-refractivity contribution is -0.880. The summed E-state index contributed by atoms with van der Waals surface area (Å²) in [7, 11) is 4.64. The summed E-state index contributed by atoms with van der Waals surface area (Å²) < 4.78 is 13.8. The molecule has 0 aliphatic carbocycles. The molecule has 1 rings (SSSR count). The Kier molecular flexibility index (Phi) is 33.4. The molecule has 1 saturated heterocycles. The summed E-state index contributed by atoms with van der Waals surface area (Å²) in [6, 6.07) is 0. The van der Waals surface area contributed by atoms with E-state index in [2.05, 4.69) is 76.6 Å². The van der Waals surface area contributed by atoms with Crippen LogP contribution in [0.25, 0.3) is 0 Å². The first-order valence-electron chi connectivity index (χ1n) is 19.7. The van der Waals surface area contributed by atoms with Crippen LogP contribution in [0, 0.1) is 0 Å². The zero-order chi connectivity index (χ0) is 32.5. The lowest BCUT2D eigenvalue weighted by Crippen LogP contribution is -3.00. The molecule has 1 fully saturated rings. The molecular weight excluding hydrogens is 586 g/mol. The zero-order valence-electron chi connectivity index (χ0n) is 31.2. The van der Waals surface area contributed by atoms with Gasteiger partial charge in [0.25, 0.3) is 0 Å². The number of ether oxygens (including phenoxy) is 2. The Morgan fingerprint density at radius 3 is 1.09 bits per heavy atom. The summed E-state index contributed by atoms with van der Waals surface area (Å²) in [5.74, 6) is 0. The van der Waals surface area contributed by atoms with Crippen molar-refractivity contribution >= 4 is 0 Å². The predicted molar refractivity (Wildman–Crippen MR) is 200 cm³/mol. The van der Waals surface area contributed by atoms with Crippen LogP contribution in [0.2, 0.25) is 0 Å². The number of hydrogen-bond acceptors (Lipinski definition) is 2. The molecule has 0 bridgehead atoms. The molecule has 0 aromatic heterocycles. The largest absolute Gasteiger partial charge is 1.00 e. The van der Waals surface area contributed by atoms with Gasteiger partial charge in [-0.25, -0.2) is 0 Å². The van der Waals surface area contributed by atoms with Crippen LogP contribution < -0.4 is 12.4 Å². The Morgan fingerprint density at radius 2 is 0.739 bits per heavy atom. The van der Waals surface area contributed by atoms with Crippen molar-refractivity contribution in [3.05, 3.63) is 48.6 Å². The van der Waals surface area contributed by atoms with E-state index in [-0.39, 0.29) is 24.6 Å². The van der Waals surface area contributed by atoms with E-state index in [0.29, 0.717) is 0 Å². The van der Waals surface area contributed by atoms with E-state index in [4.69, 9.17) is 9.47 Å². The summed E-state index contributed by atoms with van der Waals surface area (Å²) in [5, 5.41) is 0. The number of rotatable bonds is 32. The van der Waals surface area contributed by atoms with Gasteiger partial charge in [0.2, 0.25) is 0 Å². The fourth-order valence-electron chi connectivity index (χ4n) is 6.25. The quantitative estimate of drug-likeness (QED) is 0.0406. The Labute approximate surface area is 294 Å². The van der Waals surface area contributed by atoms with E-state index in [0.717, 1.165) is 43.6 Å². The highest BCUT2D eigenvalue weighted by atomic mass is 35.5. The summed E-state index contributed by atoms with van der Waals surface area (Å²) in [6.07, 6.45) is 50.3. The molecule has 0 saturated carbocycles. The molecule has 1 heterocycles. The maximum absolute atomic E-state index is 6.39. The van der Waals surface area contributed by atoms with Crippen LogP contribution in [-0.4, -0.2) is 57.1 Å². The Bertz CT molecular complexity index is 684. The van der Waals surface area contributed by atoms with Crippen LogP contribution in [0.4, 0.5) is 0 Å². The second-order valence-electron chi connectivity index (χ2n) is 14.3. The minimum Gasteiger partial charge on any atom is -1.00 e. The lowest BCUT2D eigenvalue weighted by Gasteiger charge is -2.22. The van der Waals surface area contributed by atoms with Crippen molar-refractivity contribution < 1.29 is 26.4 Å². The highest BCUT2D eigenvalue weighted by Crippen LogP contribution is 2.22. The maximum Gasteiger partial charge on any atom is 0.138 e. The van der Waals surface area contributed by atoms with Crippen LogP contribution in [0.3, 0.4) is 0 Å². The monoisotopic (exact) mass is 664 g/mol. The second-order valence-corrected chi connectivity index (χ2v) is 14.3. The first-order chi connectivity index (χ1) is 22.1. The SMILES string of the molecule is CCCCC/C=C\C/C=C\CCCCCCCCOC1C[N+](C)(C)C[C@@H]1OCCCCCCCC/C=C\C/C=C\CCCCC.[Cl-]. The third kappa shape index (κ3) is 29.3. The van der Waals surface area contributed by atoms with Gasteiger partial charge in [0.15, 0.2) is 0 Å². The third-order valence-electron chi connectivity index (χ3n) is 9.12. The Balaban J connectivity index is 0.0000202. The zero-order valence-corrected chi connectivity index (χ0v) is 32.0. The minimum atomic E-state index is 0. The standard InChI is InChI=1S/C42H78NO2.ClH/c1-5-7-9-11-13-15-17-19-21-23-25-27-29-31-33-35-37-44-41-39-43(3,4)40-42(41)45-38-36-34-32-30-28-26-24-22-20-18-16-14-12-10-8-6-2;/h13-16,19-22,41-42H,5-12,17-18,23-40H2,1-4H3;1H/q+1;/p-1/b15-13-,16-14-,21-19-,22-20-;/t41-,42?;/m0./s1. The fraction of sp³-hybridized carbons (Fsp3) is 0.810. The van der Waals surface area contributed by atoms with Gasteiger partial charge < -0.3 is 26.4 Å². The third-order valence-corrected chi connectivity index (χ3v) is 9.12. The van der Waals surface area contributed by atoms with Gasteiger partial charge >= 0.3 is 0 Å². The first kappa shape index (κ1) is 45.1. The highest BCUT2D eigenvalue weighted by Gasteiger charge is 2.41. The minimum absolute atomic E-state index is 0.